The van der Waals surface area contributed by atoms with Crippen LogP contribution in [0, 0.1) is 0 Å². The Hall–Kier alpha value is -1.82. The van der Waals surface area contributed by atoms with Crippen LogP contribution in [0.1, 0.15) is 48.2 Å². The van der Waals surface area contributed by atoms with Crippen LogP contribution in [0.3, 0.4) is 0 Å². The molecule has 0 bridgehead atoms. The van der Waals surface area contributed by atoms with Gasteiger partial charge in [-0.05, 0) is 18.9 Å². The van der Waals surface area contributed by atoms with Crippen molar-refractivity contribution < 1.29 is 4.79 Å². The van der Waals surface area contributed by atoms with Crippen LogP contribution in [0.25, 0.3) is 0 Å². The SMILES string of the molecule is CCCn1cc(N)cc1C(=O)NC(CC)c1nccs1. The van der Waals surface area contributed by atoms with Gasteiger partial charge >= 0.3 is 0 Å². The van der Waals surface area contributed by atoms with Gasteiger partial charge in [-0.3, -0.25) is 4.79 Å². The monoisotopic (exact) mass is 292 g/mol. The zero-order valence-corrected chi connectivity index (χ0v) is 12.6. The van der Waals surface area contributed by atoms with Crippen LogP contribution in [0.15, 0.2) is 23.8 Å². The van der Waals surface area contributed by atoms with Crippen LogP contribution < -0.4 is 11.1 Å². The van der Waals surface area contributed by atoms with Gasteiger partial charge in [0.05, 0.1) is 11.7 Å². The van der Waals surface area contributed by atoms with Gasteiger partial charge in [0.1, 0.15) is 10.7 Å². The molecular weight excluding hydrogens is 272 g/mol. The maximum atomic E-state index is 12.4. The molecule has 1 unspecified atom stereocenters. The van der Waals surface area contributed by atoms with Gasteiger partial charge in [0.2, 0.25) is 0 Å². The number of thiazole rings is 1. The summed E-state index contributed by atoms with van der Waals surface area (Å²) in [5.41, 5.74) is 7.02. The number of anilines is 1. The van der Waals surface area contributed by atoms with Crippen LogP contribution in [0.2, 0.25) is 0 Å². The average Bonchev–Trinajstić information content (AvgIpc) is 3.06. The number of hydrogen-bond acceptors (Lipinski definition) is 4. The summed E-state index contributed by atoms with van der Waals surface area (Å²) in [6.07, 6.45) is 5.33. The lowest BCUT2D eigenvalue weighted by Gasteiger charge is -2.15. The smallest absolute Gasteiger partial charge is 0.268 e. The highest BCUT2D eigenvalue weighted by molar-refractivity contribution is 7.09. The van der Waals surface area contributed by atoms with Gasteiger partial charge in [-0.25, -0.2) is 4.98 Å². The van der Waals surface area contributed by atoms with Crippen LogP contribution in [-0.2, 0) is 6.54 Å². The molecule has 0 radical (unpaired) electrons. The summed E-state index contributed by atoms with van der Waals surface area (Å²) in [5, 5.41) is 5.88. The Bertz CT molecular complexity index is 562. The van der Waals surface area contributed by atoms with Crippen molar-refractivity contribution in [2.24, 2.45) is 0 Å². The average molecular weight is 292 g/mol. The molecule has 0 aliphatic carbocycles. The minimum Gasteiger partial charge on any atom is -0.397 e. The van der Waals surface area contributed by atoms with Crippen molar-refractivity contribution >= 4 is 22.9 Å². The zero-order valence-electron chi connectivity index (χ0n) is 11.8. The number of rotatable bonds is 6. The van der Waals surface area contributed by atoms with Crippen LogP contribution in [0.5, 0.6) is 0 Å². The lowest BCUT2D eigenvalue weighted by Crippen LogP contribution is -2.29. The van der Waals surface area contributed by atoms with E-state index in [1.54, 1.807) is 23.6 Å². The lowest BCUT2D eigenvalue weighted by atomic mass is 10.2. The standard InChI is InChI=1S/C14H20N4OS/c1-3-6-18-9-10(15)8-12(18)13(19)17-11(4-2)14-16-5-7-20-14/h5,7-9,11H,3-4,6,15H2,1-2H3,(H,17,19). The lowest BCUT2D eigenvalue weighted by molar-refractivity contribution is 0.0926. The fourth-order valence-electron chi connectivity index (χ4n) is 2.13. The predicted octanol–water partition coefficient (Wildman–Crippen LogP) is 2.82. The fourth-order valence-corrected chi connectivity index (χ4v) is 2.90. The Morgan fingerprint density at radius 3 is 2.95 bits per heavy atom. The summed E-state index contributed by atoms with van der Waals surface area (Å²) in [5.74, 6) is -0.0998. The molecule has 2 rings (SSSR count). The van der Waals surface area contributed by atoms with E-state index < -0.39 is 0 Å². The maximum absolute atomic E-state index is 12.4. The van der Waals surface area contributed by atoms with Crippen molar-refractivity contribution in [3.63, 3.8) is 0 Å². The molecule has 108 valence electrons. The summed E-state index contributed by atoms with van der Waals surface area (Å²) in [7, 11) is 0. The van der Waals surface area contributed by atoms with Crippen molar-refractivity contribution in [2.45, 2.75) is 39.3 Å². The van der Waals surface area contributed by atoms with E-state index in [2.05, 4.69) is 17.2 Å². The van der Waals surface area contributed by atoms with E-state index in [9.17, 15) is 4.79 Å². The van der Waals surface area contributed by atoms with Crippen molar-refractivity contribution in [3.05, 3.63) is 34.5 Å². The normalized spacial score (nSPS) is 12.3. The molecule has 2 aromatic heterocycles. The van der Waals surface area contributed by atoms with E-state index in [0.29, 0.717) is 11.4 Å². The summed E-state index contributed by atoms with van der Waals surface area (Å²) in [6.45, 7) is 4.89. The molecule has 1 amide bonds. The van der Waals surface area contributed by atoms with E-state index in [4.69, 9.17) is 5.73 Å². The number of amides is 1. The molecule has 3 N–H and O–H groups in total. The third-order valence-electron chi connectivity index (χ3n) is 3.08. The van der Waals surface area contributed by atoms with Crippen molar-refractivity contribution in [1.82, 2.24) is 14.9 Å². The van der Waals surface area contributed by atoms with Gasteiger partial charge in [0.25, 0.3) is 5.91 Å². The molecule has 2 aromatic rings. The zero-order chi connectivity index (χ0) is 14.5. The molecule has 0 saturated carbocycles. The van der Waals surface area contributed by atoms with E-state index in [0.717, 1.165) is 24.4 Å². The Labute approximate surface area is 122 Å². The molecule has 0 saturated heterocycles. The largest absolute Gasteiger partial charge is 0.397 e. The molecule has 5 nitrogen and oxygen atoms in total. The Morgan fingerprint density at radius 1 is 1.55 bits per heavy atom. The highest BCUT2D eigenvalue weighted by Crippen LogP contribution is 2.20. The number of nitrogens with one attached hydrogen (secondary N) is 1. The van der Waals surface area contributed by atoms with E-state index in [1.165, 1.54) is 0 Å². The topological polar surface area (TPSA) is 72.9 Å². The van der Waals surface area contributed by atoms with Crippen LogP contribution >= 0.6 is 11.3 Å². The van der Waals surface area contributed by atoms with E-state index >= 15 is 0 Å². The van der Waals surface area contributed by atoms with Gasteiger partial charge in [-0.15, -0.1) is 11.3 Å². The molecule has 0 aliphatic rings. The summed E-state index contributed by atoms with van der Waals surface area (Å²) >= 11 is 1.56. The first-order valence-corrected chi connectivity index (χ1v) is 7.69. The van der Waals surface area contributed by atoms with Crippen molar-refractivity contribution in [1.29, 1.82) is 0 Å². The maximum Gasteiger partial charge on any atom is 0.268 e. The summed E-state index contributed by atoms with van der Waals surface area (Å²) in [6, 6.07) is 1.67. The molecule has 2 heterocycles. The quantitative estimate of drug-likeness (QED) is 0.860. The van der Waals surface area contributed by atoms with Gasteiger partial charge in [0.15, 0.2) is 0 Å². The number of carbonyl (C=O) groups excluding carboxylic acids is 1. The third-order valence-corrected chi connectivity index (χ3v) is 3.97. The third kappa shape index (κ3) is 3.19. The highest BCUT2D eigenvalue weighted by atomic mass is 32.1. The second-order valence-corrected chi connectivity index (χ2v) is 5.58. The Morgan fingerprint density at radius 2 is 2.35 bits per heavy atom. The molecular formula is C14H20N4OS. The number of aromatic nitrogens is 2. The number of hydrogen-bond donors (Lipinski definition) is 2. The fraction of sp³-hybridized carbons (Fsp3) is 0.429. The predicted molar refractivity (Wildman–Crippen MR) is 81.7 cm³/mol. The van der Waals surface area contributed by atoms with Crippen molar-refractivity contribution in [2.75, 3.05) is 5.73 Å². The molecule has 1 atom stereocenters. The van der Waals surface area contributed by atoms with Gasteiger partial charge in [0, 0.05) is 24.3 Å². The highest BCUT2D eigenvalue weighted by Gasteiger charge is 2.18. The number of carbonyl (C=O) groups is 1. The summed E-state index contributed by atoms with van der Waals surface area (Å²) < 4.78 is 1.90. The molecule has 6 heteroatoms. The minimum absolute atomic E-state index is 0.0475. The molecule has 0 fully saturated rings. The first-order valence-electron chi connectivity index (χ1n) is 6.81. The van der Waals surface area contributed by atoms with Crippen molar-refractivity contribution in [3.8, 4) is 0 Å². The molecule has 0 spiro atoms. The summed E-state index contributed by atoms with van der Waals surface area (Å²) in [4.78, 5) is 16.7. The number of nitrogens with zero attached hydrogens (tertiary/aromatic N) is 2. The van der Waals surface area contributed by atoms with Crippen LogP contribution in [0.4, 0.5) is 5.69 Å². The Balaban J connectivity index is 2.15. The van der Waals surface area contributed by atoms with Gasteiger partial charge in [-0.1, -0.05) is 13.8 Å². The first-order chi connectivity index (χ1) is 9.65. The minimum atomic E-state index is -0.0998. The number of nitrogens with two attached hydrogens (primary N) is 1. The molecule has 0 aromatic carbocycles. The second-order valence-electron chi connectivity index (χ2n) is 4.66. The number of nitrogen functional groups attached to an aromatic ring is 1. The second kappa shape index (κ2) is 6.56. The van der Waals surface area contributed by atoms with Gasteiger partial charge < -0.3 is 15.6 Å². The number of aryl methyl sites for hydroxylation is 1. The Kier molecular flexibility index (Phi) is 4.79. The van der Waals surface area contributed by atoms with E-state index in [1.807, 2.05) is 23.1 Å². The molecule has 0 aliphatic heterocycles. The molecule has 20 heavy (non-hydrogen) atoms. The van der Waals surface area contributed by atoms with Crippen LogP contribution in [-0.4, -0.2) is 15.5 Å². The van der Waals surface area contributed by atoms with Gasteiger partial charge in [-0.2, -0.15) is 0 Å². The van der Waals surface area contributed by atoms with E-state index in [-0.39, 0.29) is 11.9 Å². The first kappa shape index (κ1) is 14.6.